The van der Waals surface area contributed by atoms with Crippen LogP contribution in [0, 0.1) is 0 Å². The molecule has 19 heavy (non-hydrogen) atoms. The van der Waals surface area contributed by atoms with E-state index in [9.17, 15) is 4.57 Å². The number of ether oxygens (including phenoxy) is 1. The van der Waals surface area contributed by atoms with E-state index in [0.29, 0.717) is 23.5 Å². The first-order chi connectivity index (χ1) is 9.08. The van der Waals surface area contributed by atoms with Crippen molar-refractivity contribution >= 4 is 35.6 Å². The van der Waals surface area contributed by atoms with Crippen LogP contribution in [0.4, 0.5) is 5.82 Å². The van der Waals surface area contributed by atoms with Gasteiger partial charge in [-0.05, 0) is 11.5 Å². The Kier molecular flexibility index (Phi) is 4.60. The lowest BCUT2D eigenvalue weighted by atomic mass is 10.4. The first kappa shape index (κ1) is 14.1. The van der Waals surface area contributed by atoms with E-state index in [1.807, 2.05) is 6.92 Å². The molecule has 1 unspecified atom stereocenters. The van der Waals surface area contributed by atoms with Crippen molar-refractivity contribution in [2.24, 2.45) is 0 Å². The molecule has 2 heterocycles. The van der Waals surface area contributed by atoms with Crippen molar-refractivity contribution in [3.63, 3.8) is 0 Å². The van der Waals surface area contributed by atoms with Crippen LogP contribution in [-0.4, -0.2) is 32.4 Å². The molecule has 0 spiro atoms. The van der Waals surface area contributed by atoms with Crippen LogP contribution in [0.5, 0.6) is 0 Å². The van der Waals surface area contributed by atoms with Crippen LogP contribution in [-0.2, 0) is 20.4 Å². The van der Waals surface area contributed by atoms with Gasteiger partial charge >= 0.3 is 7.38 Å². The minimum Gasteiger partial charge on any atom is -0.382 e. The second kappa shape index (κ2) is 6.21. The molecule has 0 bridgehead atoms. The highest BCUT2D eigenvalue weighted by molar-refractivity contribution is 7.69. The van der Waals surface area contributed by atoms with Gasteiger partial charge in [0.25, 0.3) is 0 Å². The largest absolute Gasteiger partial charge is 0.636 e. The van der Waals surface area contributed by atoms with E-state index in [0.717, 1.165) is 0 Å². The van der Waals surface area contributed by atoms with Crippen LogP contribution in [0.25, 0.3) is 11.2 Å². The van der Waals surface area contributed by atoms with Crippen LogP contribution < -0.4 is 5.73 Å². The molecule has 0 aromatic carbocycles. The fourth-order valence-electron chi connectivity index (χ4n) is 1.55. The van der Waals surface area contributed by atoms with E-state index in [-0.39, 0.29) is 12.9 Å². The molecule has 102 valence electrons. The van der Waals surface area contributed by atoms with E-state index in [4.69, 9.17) is 21.7 Å². The lowest BCUT2D eigenvalue weighted by Crippen LogP contribution is -2.17. The summed E-state index contributed by atoms with van der Waals surface area (Å²) in [6.45, 7) is 2.19. The Morgan fingerprint density at radius 2 is 2.32 bits per heavy atom. The molecule has 0 aliphatic carbocycles. The summed E-state index contributed by atoms with van der Waals surface area (Å²) in [5, 5.41) is 0. The second-order valence-corrected chi connectivity index (χ2v) is 5.28. The molecule has 2 aromatic heterocycles. The van der Waals surface area contributed by atoms with Gasteiger partial charge in [-0.1, -0.05) is 0 Å². The number of fused-ring (bicyclic) bond motifs is 1. The number of rotatable bonds is 6. The second-order valence-electron chi connectivity index (χ2n) is 3.76. The fourth-order valence-corrected chi connectivity index (χ4v) is 1.81. The predicted molar refractivity (Wildman–Crippen MR) is 69.7 cm³/mol. The topological polar surface area (TPSA) is 105 Å². The van der Waals surface area contributed by atoms with Gasteiger partial charge in [-0.15, -0.1) is 4.52 Å². The van der Waals surface area contributed by atoms with Crippen LogP contribution >= 0.6 is 18.6 Å². The molecule has 0 fully saturated rings. The Morgan fingerprint density at radius 3 is 3.05 bits per heavy atom. The summed E-state index contributed by atoms with van der Waals surface area (Å²) in [6, 6.07) is 0. The summed E-state index contributed by atoms with van der Waals surface area (Å²) in [6.07, 6.45) is 2.79. The van der Waals surface area contributed by atoms with Gasteiger partial charge in [-0.25, -0.2) is 15.0 Å². The standard InChI is InChI=1S/C9H12ClN5O3P/c1-6(17-5-18-19(10)16)2-15-4-14-7-8(11)12-3-13-9(7)15/h3-4,6H,2,5H2,1H3,(H2,11,12,13)/q+1/t6-/m1/s1. The summed E-state index contributed by atoms with van der Waals surface area (Å²) in [5.41, 5.74) is 6.87. The van der Waals surface area contributed by atoms with Crippen molar-refractivity contribution in [2.75, 3.05) is 12.5 Å². The maximum absolute atomic E-state index is 10.5. The molecular formula is C9H12ClN5O3P+. The van der Waals surface area contributed by atoms with Crippen molar-refractivity contribution in [3.8, 4) is 0 Å². The zero-order chi connectivity index (χ0) is 13.8. The molecule has 0 radical (unpaired) electrons. The minimum atomic E-state index is -2.17. The molecule has 2 atom stereocenters. The number of hydrogen-bond acceptors (Lipinski definition) is 7. The van der Waals surface area contributed by atoms with Gasteiger partial charge in [0.05, 0.1) is 19.0 Å². The smallest absolute Gasteiger partial charge is 0.382 e. The quantitative estimate of drug-likeness (QED) is 0.639. The third kappa shape index (κ3) is 3.57. The molecule has 8 nitrogen and oxygen atoms in total. The molecule has 0 aliphatic heterocycles. The lowest BCUT2D eigenvalue weighted by molar-refractivity contribution is -0.0290. The zero-order valence-corrected chi connectivity index (χ0v) is 11.7. The molecule has 10 heteroatoms. The zero-order valence-electron chi connectivity index (χ0n) is 10.1. The number of aromatic nitrogens is 4. The first-order valence-corrected chi connectivity index (χ1v) is 7.45. The lowest BCUT2D eigenvalue weighted by Gasteiger charge is -2.11. The van der Waals surface area contributed by atoms with E-state index in [1.54, 1.807) is 10.9 Å². The van der Waals surface area contributed by atoms with Gasteiger partial charge in [-0.3, -0.25) is 0 Å². The third-order valence-corrected chi connectivity index (χ3v) is 2.99. The number of anilines is 1. The Hall–Kier alpha value is -1.34. The SMILES string of the molecule is C[C@H](Cn1cnc2c(N)ncnc21)OCO[P+](=O)Cl. The van der Waals surface area contributed by atoms with Crippen molar-refractivity contribution in [1.29, 1.82) is 0 Å². The average molecular weight is 305 g/mol. The van der Waals surface area contributed by atoms with Gasteiger partial charge in [0.15, 0.2) is 11.5 Å². The van der Waals surface area contributed by atoms with Gasteiger partial charge in [0, 0.05) is 0 Å². The number of imidazole rings is 1. The monoisotopic (exact) mass is 304 g/mol. The maximum atomic E-state index is 10.5. The normalized spacial score (nSPS) is 13.7. The molecule has 0 saturated heterocycles. The molecule has 0 amide bonds. The number of nitrogens with two attached hydrogens (primary N) is 1. The van der Waals surface area contributed by atoms with Crippen molar-refractivity contribution in [1.82, 2.24) is 19.5 Å². The summed E-state index contributed by atoms with van der Waals surface area (Å²) in [5.74, 6) is 0.333. The summed E-state index contributed by atoms with van der Waals surface area (Å²) < 4.78 is 22.2. The van der Waals surface area contributed by atoms with Crippen molar-refractivity contribution in [2.45, 2.75) is 19.6 Å². The van der Waals surface area contributed by atoms with Crippen molar-refractivity contribution in [3.05, 3.63) is 12.7 Å². The molecule has 0 saturated carbocycles. The van der Waals surface area contributed by atoms with Crippen LogP contribution in [0.2, 0.25) is 0 Å². The summed E-state index contributed by atoms with van der Waals surface area (Å²) >= 11 is 5.16. The highest BCUT2D eigenvalue weighted by atomic mass is 35.7. The number of halogens is 1. The Balaban J connectivity index is 2.01. The molecule has 2 rings (SSSR count). The van der Waals surface area contributed by atoms with Crippen LogP contribution in [0.1, 0.15) is 6.92 Å². The van der Waals surface area contributed by atoms with Gasteiger partial charge in [-0.2, -0.15) is 0 Å². The molecular weight excluding hydrogens is 293 g/mol. The first-order valence-electron chi connectivity index (χ1n) is 5.36. The summed E-state index contributed by atoms with van der Waals surface area (Å²) in [7, 11) is -2.17. The van der Waals surface area contributed by atoms with E-state index in [2.05, 4.69) is 19.5 Å². The highest BCUT2D eigenvalue weighted by Crippen LogP contribution is 2.27. The maximum Gasteiger partial charge on any atom is 0.636 e. The Labute approximate surface area is 114 Å². The fraction of sp³-hybridized carbons (Fsp3) is 0.444. The van der Waals surface area contributed by atoms with E-state index >= 15 is 0 Å². The van der Waals surface area contributed by atoms with Crippen molar-refractivity contribution < 1.29 is 13.8 Å². The third-order valence-electron chi connectivity index (χ3n) is 2.39. The Bertz CT molecular complexity index is 592. The van der Waals surface area contributed by atoms with Gasteiger partial charge in [0.1, 0.15) is 11.8 Å². The molecule has 2 N–H and O–H groups in total. The highest BCUT2D eigenvalue weighted by Gasteiger charge is 2.15. The predicted octanol–water partition coefficient (Wildman–Crippen LogP) is 1.68. The number of hydrogen-bond donors (Lipinski definition) is 1. The summed E-state index contributed by atoms with van der Waals surface area (Å²) in [4.78, 5) is 12.1. The Morgan fingerprint density at radius 1 is 1.53 bits per heavy atom. The number of nitrogens with zero attached hydrogens (tertiary/aromatic N) is 4. The molecule has 0 aliphatic rings. The molecule has 2 aromatic rings. The van der Waals surface area contributed by atoms with Crippen LogP contribution in [0.3, 0.4) is 0 Å². The average Bonchev–Trinajstić information content (AvgIpc) is 2.73. The number of nitrogen functional groups attached to an aromatic ring is 1. The van der Waals surface area contributed by atoms with Crippen LogP contribution in [0.15, 0.2) is 12.7 Å². The van der Waals surface area contributed by atoms with Gasteiger partial charge < -0.3 is 15.0 Å². The van der Waals surface area contributed by atoms with Gasteiger partial charge in [0.2, 0.25) is 18.0 Å². The van der Waals surface area contributed by atoms with E-state index < -0.39 is 7.38 Å². The van der Waals surface area contributed by atoms with E-state index in [1.165, 1.54) is 6.33 Å². The minimum absolute atomic E-state index is 0.135.